The Hall–Kier alpha value is -2.93. The number of nitrogens with zero attached hydrogens (tertiary/aromatic N) is 1. The summed E-state index contributed by atoms with van der Waals surface area (Å²) in [6.45, 7) is 4.17. The summed E-state index contributed by atoms with van der Waals surface area (Å²) >= 11 is 0. The van der Waals surface area contributed by atoms with Gasteiger partial charge in [0.05, 0.1) is 18.6 Å². The van der Waals surface area contributed by atoms with Crippen LogP contribution in [-0.2, 0) is 27.9 Å². The number of hydrogen-bond acceptors (Lipinski definition) is 5. The fraction of sp³-hybridized carbons (Fsp3) is 0.273. The van der Waals surface area contributed by atoms with Gasteiger partial charge < -0.3 is 14.5 Å². The Labute approximate surface area is 172 Å². The Morgan fingerprint density at radius 3 is 2.62 bits per heavy atom. The van der Waals surface area contributed by atoms with Crippen molar-refractivity contribution in [2.24, 2.45) is 0 Å². The predicted molar refractivity (Wildman–Crippen MR) is 113 cm³/mol. The number of carbonyl (C=O) groups excluding carboxylic acids is 1. The van der Waals surface area contributed by atoms with Crippen molar-refractivity contribution < 1.29 is 18.2 Å². The van der Waals surface area contributed by atoms with Crippen molar-refractivity contribution in [2.45, 2.75) is 26.1 Å². The number of amides is 1. The van der Waals surface area contributed by atoms with Gasteiger partial charge in [0.25, 0.3) is 0 Å². The smallest absolute Gasteiger partial charge is 0.232 e. The predicted octanol–water partition coefficient (Wildman–Crippen LogP) is 3.53. The summed E-state index contributed by atoms with van der Waals surface area (Å²) in [6, 6.07) is 15.3. The highest BCUT2D eigenvalue weighted by Crippen LogP contribution is 2.23. The fourth-order valence-corrected chi connectivity index (χ4v) is 3.88. The van der Waals surface area contributed by atoms with Gasteiger partial charge in [0.15, 0.2) is 0 Å². The molecule has 0 aliphatic rings. The third-order valence-electron chi connectivity index (χ3n) is 4.40. The minimum Gasteiger partial charge on any atom is -0.497 e. The van der Waals surface area contributed by atoms with Gasteiger partial charge in [-0.05, 0) is 43.7 Å². The van der Waals surface area contributed by atoms with Gasteiger partial charge >= 0.3 is 0 Å². The van der Waals surface area contributed by atoms with Crippen LogP contribution in [0.15, 0.2) is 52.9 Å². The van der Waals surface area contributed by atoms with Crippen molar-refractivity contribution in [1.82, 2.24) is 10.3 Å². The van der Waals surface area contributed by atoms with E-state index >= 15 is 0 Å². The van der Waals surface area contributed by atoms with Gasteiger partial charge in [-0.1, -0.05) is 29.8 Å². The first-order valence-electron chi connectivity index (χ1n) is 9.22. The first-order chi connectivity index (χ1) is 13.9. The molecule has 3 rings (SSSR count). The first kappa shape index (κ1) is 20.8. The van der Waals surface area contributed by atoms with Crippen LogP contribution in [0.3, 0.4) is 0 Å². The minimum absolute atomic E-state index is 0.0811. The molecular formula is C22H24N2O4S. The number of aromatic nitrogens is 1. The van der Waals surface area contributed by atoms with Crippen LogP contribution in [0.4, 0.5) is 0 Å². The number of benzene rings is 2. The summed E-state index contributed by atoms with van der Waals surface area (Å²) in [5, 5.41) is 2.79. The molecular weight excluding hydrogens is 388 g/mol. The summed E-state index contributed by atoms with van der Waals surface area (Å²) in [5.41, 5.74) is 3.54. The maximum absolute atomic E-state index is 12.4. The number of methoxy groups -OCH3 is 1. The normalized spacial score (nSPS) is 11.8. The molecule has 0 bridgehead atoms. The molecule has 6 nitrogen and oxygen atoms in total. The third-order valence-corrected chi connectivity index (χ3v) is 5.58. The molecule has 0 fully saturated rings. The van der Waals surface area contributed by atoms with Crippen molar-refractivity contribution in [3.63, 3.8) is 0 Å². The number of ether oxygens (including phenoxy) is 1. The van der Waals surface area contributed by atoms with E-state index in [1.165, 1.54) is 0 Å². The summed E-state index contributed by atoms with van der Waals surface area (Å²) in [4.78, 5) is 16.6. The molecule has 0 unspecified atom stereocenters. The minimum atomic E-state index is -1.38. The number of oxazole rings is 1. The maximum Gasteiger partial charge on any atom is 0.232 e. The average Bonchev–Trinajstić information content (AvgIpc) is 3.07. The summed E-state index contributed by atoms with van der Waals surface area (Å²) in [5.74, 6) is 1.71. The van der Waals surface area contributed by atoms with E-state index in [1.807, 2.05) is 55.5 Å². The Morgan fingerprint density at radius 1 is 1.17 bits per heavy atom. The van der Waals surface area contributed by atoms with Crippen LogP contribution in [-0.4, -0.2) is 28.0 Å². The molecule has 1 atom stereocenters. The number of rotatable bonds is 8. The fourth-order valence-electron chi connectivity index (χ4n) is 2.81. The van der Waals surface area contributed by atoms with Gasteiger partial charge in [0.1, 0.15) is 17.3 Å². The van der Waals surface area contributed by atoms with E-state index < -0.39 is 10.8 Å². The molecule has 152 valence electrons. The lowest BCUT2D eigenvalue weighted by Gasteiger charge is -2.06. The van der Waals surface area contributed by atoms with E-state index in [9.17, 15) is 9.00 Å². The van der Waals surface area contributed by atoms with E-state index in [-0.39, 0.29) is 17.4 Å². The van der Waals surface area contributed by atoms with Crippen LogP contribution in [0, 0.1) is 13.8 Å². The van der Waals surface area contributed by atoms with Crippen molar-refractivity contribution >= 4 is 16.7 Å². The summed E-state index contributed by atoms with van der Waals surface area (Å²) in [7, 11) is 0.227. The third kappa shape index (κ3) is 5.77. The number of hydrogen-bond donors (Lipinski definition) is 1. The molecule has 1 N–H and O–H groups in total. The van der Waals surface area contributed by atoms with Crippen LogP contribution in [0.2, 0.25) is 0 Å². The van der Waals surface area contributed by atoms with Crippen molar-refractivity contribution in [3.8, 4) is 17.2 Å². The molecule has 0 aliphatic heterocycles. The topological polar surface area (TPSA) is 81.4 Å². The molecule has 0 spiro atoms. The monoisotopic (exact) mass is 412 g/mol. The molecule has 1 amide bonds. The van der Waals surface area contributed by atoms with Crippen molar-refractivity contribution in [3.05, 3.63) is 71.1 Å². The van der Waals surface area contributed by atoms with Gasteiger partial charge in [0.2, 0.25) is 11.8 Å². The number of carbonyl (C=O) groups is 1. The largest absolute Gasteiger partial charge is 0.497 e. The van der Waals surface area contributed by atoms with Crippen molar-refractivity contribution in [1.29, 1.82) is 0 Å². The lowest BCUT2D eigenvalue weighted by molar-refractivity contribution is -0.118. The Balaban J connectivity index is 1.54. The molecule has 1 heterocycles. The van der Waals surface area contributed by atoms with E-state index in [2.05, 4.69) is 10.3 Å². The van der Waals surface area contributed by atoms with Gasteiger partial charge in [-0.2, -0.15) is 0 Å². The molecule has 1 aromatic heterocycles. The molecule has 0 aliphatic carbocycles. The van der Waals surface area contributed by atoms with E-state index in [0.29, 0.717) is 23.9 Å². The van der Waals surface area contributed by atoms with Gasteiger partial charge in [-0.3, -0.25) is 9.00 Å². The quantitative estimate of drug-likeness (QED) is 0.612. The van der Waals surface area contributed by atoms with Crippen molar-refractivity contribution in [2.75, 3.05) is 12.9 Å². The Morgan fingerprint density at radius 2 is 1.93 bits per heavy atom. The molecule has 3 aromatic rings. The van der Waals surface area contributed by atoms with Gasteiger partial charge in [-0.25, -0.2) is 4.98 Å². The van der Waals surface area contributed by atoms with Crippen LogP contribution in [0.25, 0.3) is 11.5 Å². The highest BCUT2D eigenvalue weighted by atomic mass is 32.2. The maximum atomic E-state index is 12.4. The summed E-state index contributed by atoms with van der Waals surface area (Å²) < 4.78 is 23.3. The van der Waals surface area contributed by atoms with E-state index in [4.69, 9.17) is 9.15 Å². The Kier molecular flexibility index (Phi) is 6.82. The van der Waals surface area contributed by atoms with E-state index in [0.717, 1.165) is 22.4 Å². The zero-order valence-corrected chi connectivity index (χ0v) is 17.5. The average molecular weight is 413 g/mol. The highest BCUT2D eigenvalue weighted by molar-refractivity contribution is 7.84. The molecule has 0 saturated carbocycles. The second-order valence-corrected chi connectivity index (χ2v) is 8.20. The highest BCUT2D eigenvalue weighted by Gasteiger charge is 2.16. The van der Waals surface area contributed by atoms with Gasteiger partial charge in [0, 0.05) is 22.9 Å². The Bertz CT molecular complexity index is 1010. The van der Waals surface area contributed by atoms with Crippen LogP contribution < -0.4 is 10.1 Å². The standard InChI is InChI=1S/C22H24N2O4S/c1-15-5-4-6-18(11-15)22-24-20(16(2)28-22)13-29(26)14-21(25)23-12-17-7-9-19(27-3)10-8-17/h4-11H,12-14H2,1-3H3,(H,23,25)/t29-/m1/s1. The molecule has 29 heavy (non-hydrogen) atoms. The van der Waals surface area contributed by atoms with Crippen LogP contribution in [0.1, 0.15) is 22.6 Å². The second kappa shape index (κ2) is 9.52. The molecule has 2 aromatic carbocycles. The molecule has 0 radical (unpaired) electrons. The zero-order valence-electron chi connectivity index (χ0n) is 16.7. The molecule has 7 heteroatoms. The SMILES string of the molecule is COc1ccc(CNC(=O)C[S@](=O)Cc2nc(-c3cccc(C)c3)oc2C)cc1. The number of aryl methyl sites for hydroxylation is 2. The van der Waals surface area contributed by atoms with Crippen LogP contribution >= 0.6 is 0 Å². The zero-order chi connectivity index (χ0) is 20.8. The van der Waals surface area contributed by atoms with E-state index in [1.54, 1.807) is 14.0 Å². The lowest BCUT2D eigenvalue weighted by Crippen LogP contribution is -2.28. The molecule has 0 saturated heterocycles. The summed E-state index contributed by atoms with van der Waals surface area (Å²) in [6.07, 6.45) is 0. The van der Waals surface area contributed by atoms with Crippen LogP contribution in [0.5, 0.6) is 5.75 Å². The number of nitrogens with one attached hydrogen (secondary N) is 1. The van der Waals surface area contributed by atoms with Gasteiger partial charge in [-0.15, -0.1) is 0 Å². The lowest BCUT2D eigenvalue weighted by atomic mass is 10.1. The second-order valence-electron chi connectivity index (χ2n) is 6.74. The first-order valence-corrected chi connectivity index (χ1v) is 10.7.